The minimum absolute atomic E-state index is 0.000931. The zero-order valence-corrected chi connectivity index (χ0v) is 20.6. The number of rotatable bonds is 7. The molecule has 1 unspecified atom stereocenters. The number of aryl methyl sites for hydroxylation is 1. The second kappa shape index (κ2) is 9.63. The van der Waals surface area contributed by atoms with Crippen molar-refractivity contribution in [3.05, 3.63) is 65.1 Å². The van der Waals surface area contributed by atoms with E-state index in [0.717, 1.165) is 11.8 Å². The number of benzene rings is 2. The number of halogens is 1. The summed E-state index contributed by atoms with van der Waals surface area (Å²) in [5, 5.41) is 23.0. The predicted molar refractivity (Wildman–Crippen MR) is 129 cm³/mol. The number of hydrogen-bond donors (Lipinski definition) is 3. The fraction of sp³-hybridized carbons (Fsp3) is 0.360. The van der Waals surface area contributed by atoms with Crippen molar-refractivity contribution in [1.82, 2.24) is 15.3 Å². The molecule has 1 atom stereocenters. The van der Waals surface area contributed by atoms with Crippen LogP contribution in [0.3, 0.4) is 0 Å². The first-order valence-corrected chi connectivity index (χ1v) is 13.0. The molecule has 1 saturated heterocycles. The Hall–Kier alpha value is -3.30. The Bertz CT molecular complexity index is 1460. The van der Waals surface area contributed by atoms with Crippen LogP contribution in [0.25, 0.3) is 10.9 Å². The second-order valence-corrected chi connectivity index (χ2v) is 11.6. The molecule has 1 amide bonds. The third-order valence-electron chi connectivity index (χ3n) is 6.86. The minimum atomic E-state index is -3.87. The molecule has 36 heavy (non-hydrogen) atoms. The van der Waals surface area contributed by atoms with E-state index in [-0.39, 0.29) is 35.9 Å². The highest BCUT2D eigenvalue weighted by molar-refractivity contribution is 7.92. The smallest absolute Gasteiger partial charge is 0.264 e. The van der Waals surface area contributed by atoms with Gasteiger partial charge in [-0.25, -0.2) is 18.3 Å². The van der Waals surface area contributed by atoms with Gasteiger partial charge in [-0.2, -0.15) is 5.10 Å². The van der Waals surface area contributed by atoms with Crippen LogP contribution in [0.2, 0.25) is 0 Å². The van der Waals surface area contributed by atoms with Gasteiger partial charge in [0.2, 0.25) is 0 Å². The number of sulfone groups is 1. The van der Waals surface area contributed by atoms with Crippen LogP contribution in [-0.4, -0.2) is 65.2 Å². The van der Waals surface area contributed by atoms with Crippen LogP contribution in [0.4, 0.5) is 4.39 Å². The molecule has 1 fully saturated rings. The number of carbonyl (C=O) groups excluding carboxylic acids is 1. The van der Waals surface area contributed by atoms with Crippen LogP contribution < -0.4 is 5.48 Å². The van der Waals surface area contributed by atoms with E-state index in [1.54, 1.807) is 6.07 Å². The molecule has 4 rings (SSSR count). The SMILES string of the molecule is CC(CCn1ncc2c(F)c(C#Cc3ccc(C4(CO)COC4)cc3)ccc21)(C(=O)NO)S(C)(=O)=O. The van der Waals surface area contributed by atoms with Gasteiger partial charge >= 0.3 is 0 Å². The van der Waals surface area contributed by atoms with Crippen molar-refractivity contribution in [2.24, 2.45) is 0 Å². The van der Waals surface area contributed by atoms with E-state index < -0.39 is 26.3 Å². The maximum atomic E-state index is 15.2. The number of fused-ring (bicyclic) bond motifs is 1. The van der Waals surface area contributed by atoms with Gasteiger partial charge in [-0.1, -0.05) is 24.0 Å². The number of carbonyl (C=O) groups is 1. The summed E-state index contributed by atoms with van der Waals surface area (Å²) >= 11 is 0. The summed E-state index contributed by atoms with van der Waals surface area (Å²) in [6.45, 7) is 2.14. The van der Waals surface area contributed by atoms with Gasteiger partial charge < -0.3 is 9.84 Å². The molecule has 3 N–H and O–H groups in total. The van der Waals surface area contributed by atoms with Crippen LogP contribution >= 0.6 is 0 Å². The predicted octanol–water partition coefficient (Wildman–Crippen LogP) is 1.53. The number of aromatic nitrogens is 2. The lowest BCUT2D eigenvalue weighted by Gasteiger charge is -2.40. The zero-order chi connectivity index (χ0) is 26.1. The highest BCUT2D eigenvalue weighted by Gasteiger charge is 2.43. The summed E-state index contributed by atoms with van der Waals surface area (Å²) in [4.78, 5) is 12.0. The van der Waals surface area contributed by atoms with Crippen molar-refractivity contribution < 1.29 is 32.7 Å². The normalized spacial score (nSPS) is 16.5. The van der Waals surface area contributed by atoms with Crippen molar-refractivity contribution in [2.75, 3.05) is 26.1 Å². The summed E-state index contributed by atoms with van der Waals surface area (Å²) in [5.74, 6) is 4.16. The van der Waals surface area contributed by atoms with Crippen molar-refractivity contribution in [2.45, 2.75) is 30.1 Å². The van der Waals surface area contributed by atoms with Gasteiger partial charge in [-0.3, -0.25) is 14.7 Å². The van der Waals surface area contributed by atoms with E-state index in [1.807, 2.05) is 24.3 Å². The highest BCUT2D eigenvalue weighted by atomic mass is 32.2. The first-order valence-electron chi connectivity index (χ1n) is 11.1. The number of ether oxygens (including phenoxy) is 1. The molecule has 0 aliphatic carbocycles. The van der Waals surface area contributed by atoms with Gasteiger partial charge in [0.15, 0.2) is 14.6 Å². The Morgan fingerprint density at radius 3 is 2.50 bits per heavy atom. The molecule has 9 nitrogen and oxygen atoms in total. The first kappa shape index (κ1) is 25.8. The van der Waals surface area contributed by atoms with Gasteiger partial charge in [0, 0.05) is 18.4 Å². The third kappa shape index (κ3) is 4.49. The van der Waals surface area contributed by atoms with Gasteiger partial charge in [-0.05, 0) is 43.2 Å². The van der Waals surface area contributed by atoms with Gasteiger partial charge in [-0.15, -0.1) is 0 Å². The van der Waals surface area contributed by atoms with Crippen molar-refractivity contribution in [3.63, 3.8) is 0 Å². The van der Waals surface area contributed by atoms with E-state index in [0.29, 0.717) is 24.3 Å². The Labute approximate surface area is 207 Å². The fourth-order valence-corrected chi connectivity index (χ4v) is 4.89. The van der Waals surface area contributed by atoms with Crippen molar-refractivity contribution in [1.29, 1.82) is 0 Å². The standard InChI is InChI=1S/C25H26FN3O6S/c1-24(23(31)28-32,36(2,33)34)11-12-29-21-10-7-18(22(26)20(21)13-27-29)6-3-17-4-8-19(9-5-17)25(14-30)15-35-16-25/h4-5,7-10,13,30,32H,11-12,14-16H2,1-2H3,(H,28,31). The summed E-state index contributed by atoms with van der Waals surface area (Å²) in [6, 6.07) is 10.5. The maximum Gasteiger partial charge on any atom is 0.264 e. The van der Waals surface area contributed by atoms with E-state index in [1.165, 1.54) is 29.3 Å². The number of nitrogens with one attached hydrogen (secondary N) is 1. The maximum absolute atomic E-state index is 15.2. The summed E-state index contributed by atoms with van der Waals surface area (Å²) in [5.41, 5.74) is 3.27. The van der Waals surface area contributed by atoms with E-state index in [2.05, 4.69) is 16.9 Å². The average molecular weight is 516 g/mol. The quantitative estimate of drug-likeness (QED) is 0.247. The Balaban J connectivity index is 1.55. The first-order chi connectivity index (χ1) is 17.0. The molecule has 3 aromatic rings. The Morgan fingerprint density at radius 2 is 1.94 bits per heavy atom. The number of aliphatic hydroxyl groups excluding tert-OH is 1. The van der Waals surface area contributed by atoms with Gasteiger partial charge in [0.05, 0.1) is 47.9 Å². The van der Waals surface area contributed by atoms with Crippen molar-refractivity contribution >= 4 is 26.6 Å². The lowest BCUT2D eigenvalue weighted by molar-refractivity contribution is -0.131. The molecule has 1 aliphatic rings. The molecular weight excluding hydrogens is 489 g/mol. The third-order valence-corrected chi connectivity index (χ3v) is 8.89. The lowest BCUT2D eigenvalue weighted by atomic mass is 9.79. The summed E-state index contributed by atoms with van der Waals surface area (Å²) in [7, 11) is -3.87. The molecule has 1 aromatic heterocycles. The second-order valence-electron chi connectivity index (χ2n) is 9.18. The molecule has 0 spiro atoms. The molecule has 0 radical (unpaired) electrons. The summed E-state index contributed by atoms with van der Waals surface area (Å²) < 4.78 is 44.3. The minimum Gasteiger partial charge on any atom is -0.395 e. The van der Waals surface area contributed by atoms with Crippen LogP contribution in [0.5, 0.6) is 0 Å². The van der Waals surface area contributed by atoms with E-state index >= 15 is 4.39 Å². The molecule has 2 heterocycles. The molecule has 0 bridgehead atoms. The number of nitrogens with zero attached hydrogens (tertiary/aromatic N) is 2. The van der Waals surface area contributed by atoms with Gasteiger partial charge in [0.25, 0.3) is 5.91 Å². The zero-order valence-electron chi connectivity index (χ0n) is 19.8. The monoisotopic (exact) mass is 515 g/mol. The molecular formula is C25H26FN3O6S. The van der Waals surface area contributed by atoms with Crippen LogP contribution in [-0.2, 0) is 31.3 Å². The Morgan fingerprint density at radius 1 is 1.25 bits per heavy atom. The highest BCUT2D eigenvalue weighted by Crippen LogP contribution is 2.32. The van der Waals surface area contributed by atoms with Gasteiger partial charge in [0.1, 0.15) is 5.82 Å². The molecule has 0 saturated carbocycles. The van der Waals surface area contributed by atoms with Crippen molar-refractivity contribution in [3.8, 4) is 11.8 Å². The number of hydroxylamine groups is 1. The average Bonchev–Trinajstić information content (AvgIpc) is 3.25. The Kier molecular flexibility index (Phi) is 6.90. The topological polar surface area (TPSA) is 131 Å². The molecule has 2 aromatic carbocycles. The van der Waals surface area contributed by atoms with E-state index in [9.17, 15) is 18.3 Å². The fourth-order valence-electron chi connectivity index (χ4n) is 4.04. The molecule has 1 aliphatic heterocycles. The molecule has 11 heteroatoms. The molecule has 190 valence electrons. The van der Waals surface area contributed by atoms with Crippen LogP contribution in [0, 0.1) is 17.7 Å². The largest absolute Gasteiger partial charge is 0.395 e. The number of amides is 1. The number of aliphatic hydroxyl groups is 1. The number of hydrogen-bond acceptors (Lipinski definition) is 7. The lowest BCUT2D eigenvalue weighted by Crippen LogP contribution is -2.49. The van der Waals surface area contributed by atoms with Crippen LogP contribution in [0.1, 0.15) is 30.0 Å². The summed E-state index contributed by atoms with van der Waals surface area (Å²) in [6.07, 6.45) is 2.05. The van der Waals surface area contributed by atoms with E-state index in [4.69, 9.17) is 9.94 Å². The van der Waals surface area contributed by atoms with Crippen LogP contribution in [0.15, 0.2) is 42.6 Å².